The van der Waals surface area contributed by atoms with Gasteiger partial charge in [-0.25, -0.2) is 4.98 Å². The maximum absolute atomic E-state index is 5.36. The molecule has 0 unspecified atom stereocenters. The summed E-state index contributed by atoms with van der Waals surface area (Å²) < 4.78 is 5.36. The van der Waals surface area contributed by atoms with Crippen LogP contribution in [0.4, 0.5) is 0 Å². The van der Waals surface area contributed by atoms with Crippen LogP contribution in [0, 0.1) is 0 Å². The summed E-state index contributed by atoms with van der Waals surface area (Å²) in [5, 5.41) is 0. The zero-order valence-corrected chi connectivity index (χ0v) is 11.1. The zero-order valence-electron chi connectivity index (χ0n) is 11.1. The molecule has 0 aliphatic rings. The van der Waals surface area contributed by atoms with Crippen LogP contribution in [-0.4, -0.2) is 17.1 Å². The largest absolute Gasteiger partial charge is 0.481 e. The summed E-state index contributed by atoms with van der Waals surface area (Å²) in [4.78, 5) is 8.58. The second-order valence-electron chi connectivity index (χ2n) is 4.59. The predicted octanol–water partition coefficient (Wildman–Crippen LogP) is 3.20. The Bertz CT molecular complexity index is 509. The van der Waals surface area contributed by atoms with Gasteiger partial charge in [0.2, 0.25) is 5.88 Å². The van der Waals surface area contributed by atoms with Crippen molar-refractivity contribution in [1.29, 1.82) is 0 Å². The van der Waals surface area contributed by atoms with Crippen LogP contribution in [0.15, 0.2) is 36.7 Å². The van der Waals surface area contributed by atoms with E-state index in [1.807, 2.05) is 12.1 Å². The van der Waals surface area contributed by atoms with Crippen LogP contribution in [0.3, 0.4) is 0 Å². The molecule has 94 valence electrons. The van der Waals surface area contributed by atoms with Crippen LogP contribution in [0.5, 0.6) is 5.88 Å². The van der Waals surface area contributed by atoms with Crippen molar-refractivity contribution >= 4 is 0 Å². The molecule has 0 radical (unpaired) electrons. The lowest BCUT2D eigenvalue weighted by molar-refractivity contribution is 0.389. The van der Waals surface area contributed by atoms with E-state index in [0.29, 0.717) is 5.92 Å². The standard InChI is InChI=1S/C15H18N2O/c1-11(2)14-5-4-13(17-15(14)18-3)10-12-6-8-16-9-7-12/h4-9,11H,10H2,1-3H3. The molecule has 0 aromatic carbocycles. The molecular weight excluding hydrogens is 224 g/mol. The molecule has 0 amide bonds. The minimum Gasteiger partial charge on any atom is -0.481 e. The topological polar surface area (TPSA) is 35.0 Å². The fourth-order valence-electron chi connectivity index (χ4n) is 1.90. The molecule has 2 aromatic heterocycles. The maximum Gasteiger partial charge on any atom is 0.216 e. The van der Waals surface area contributed by atoms with Gasteiger partial charge in [-0.3, -0.25) is 4.98 Å². The SMILES string of the molecule is COc1nc(Cc2ccncc2)ccc1C(C)C. The molecule has 3 nitrogen and oxygen atoms in total. The van der Waals surface area contributed by atoms with E-state index < -0.39 is 0 Å². The lowest BCUT2D eigenvalue weighted by atomic mass is 10.0. The van der Waals surface area contributed by atoms with Gasteiger partial charge in [-0.2, -0.15) is 0 Å². The molecule has 0 aliphatic carbocycles. The van der Waals surface area contributed by atoms with Gasteiger partial charge in [0, 0.05) is 30.1 Å². The van der Waals surface area contributed by atoms with Crippen LogP contribution < -0.4 is 4.74 Å². The average molecular weight is 242 g/mol. The molecule has 2 heterocycles. The highest BCUT2D eigenvalue weighted by atomic mass is 16.5. The first kappa shape index (κ1) is 12.6. The van der Waals surface area contributed by atoms with E-state index in [1.54, 1.807) is 19.5 Å². The summed E-state index contributed by atoms with van der Waals surface area (Å²) in [6.45, 7) is 4.28. The summed E-state index contributed by atoms with van der Waals surface area (Å²) in [5.74, 6) is 1.15. The third kappa shape index (κ3) is 2.86. The van der Waals surface area contributed by atoms with Crippen molar-refractivity contribution in [3.63, 3.8) is 0 Å². The molecule has 0 spiro atoms. The van der Waals surface area contributed by atoms with Gasteiger partial charge >= 0.3 is 0 Å². The molecule has 0 fully saturated rings. The average Bonchev–Trinajstić information content (AvgIpc) is 2.39. The summed E-state index contributed by atoms with van der Waals surface area (Å²) >= 11 is 0. The third-order valence-corrected chi connectivity index (χ3v) is 2.90. The number of hydrogen-bond donors (Lipinski definition) is 0. The number of methoxy groups -OCH3 is 1. The number of hydrogen-bond acceptors (Lipinski definition) is 3. The van der Waals surface area contributed by atoms with Gasteiger partial charge in [-0.05, 0) is 29.7 Å². The molecule has 0 atom stereocenters. The zero-order chi connectivity index (χ0) is 13.0. The number of ether oxygens (including phenoxy) is 1. The number of pyridine rings is 2. The Labute approximate surface area is 108 Å². The monoisotopic (exact) mass is 242 g/mol. The highest BCUT2D eigenvalue weighted by molar-refractivity contribution is 5.32. The van der Waals surface area contributed by atoms with E-state index in [2.05, 4.69) is 35.9 Å². The second-order valence-corrected chi connectivity index (χ2v) is 4.59. The minimum atomic E-state index is 0.419. The molecule has 2 aromatic rings. The molecule has 0 aliphatic heterocycles. The Morgan fingerprint density at radius 1 is 1.11 bits per heavy atom. The van der Waals surface area contributed by atoms with Crippen molar-refractivity contribution in [3.8, 4) is 5.88 Å². The highest BCUT2D eigenvalue weighted by Gasteiger charge is 2.09. The summed E-state index contributed by atoms with van der Waals surface area (Å²) in [7, 11) is 1.67. The smallest absolute Gasteiger partial charge is 0.216 e. The summed E-state index contributed by atoms with van der Waals surface area (Å²) in [5.41, 5.74) is 3.37. The van der Waals surface area contributed by atoms with Crippen molar-refractivity contribution in [1.82, 2.24) is 9.97 Å². The van der Waals surface area contributed by atoms with Crippen molar-refractivity contribution in [2.45, 2.75) is 26.2 Å². The van der Waals surface area contributed by atoms with Gasteiger partial charge in [-0.15, -0.1) is 0 Å². The predicted molar refractivity (Wildman–Crippen MR) is 71.9 cm³/mol. The molecule has 3 heteroatoms. The quantitative estimate of drug-likeness (QED) is 0.825. The molecule has 18 heavy (non-hydrogen) atoms. The Morgan fingerprint density at radius 3 is 2.44 bits per heavy atom. The molecule has 0 saturated heterocycles. The maximum atomic E-state index is 5.36. The fourth-order valence-corrected chi connectivity index (χ4v) is 1.90. The van der Waals surface area contributed by atoms with Crippen molar-refractivity contribution in [2.75, 3.05) is 7.11 Å². The van der Waals surface area contributed by atoms with E-state index in [4.69, 9.17) is 4.74 Å². The van der Waals surface area contributed by atoms with Gasteiger partial charge < -0.3 is 4.74 Å². The van der Waals surface area contributed by atoms with Crippen LogP contribution >= 0.6 is 0 Å². The van der Waals surface area contributed by atoms with Crippen LogP contribution in [0.25, 0.3) is 0 Å². The number of nitrogens with zero attached hydrogens (tertiary/aromatic N) is 2. The highest BCUT2D eigenvalue weighted by Crippen LogP contribution is 2.24. The van der Waals surface area contributed by atoms with E-state index in [9.17, 15) is 0 Å². The van der Waals surface area contributed by atoms with Gasteiger partial charge in [0.05, 0.1) is 7.11 Å². The van der Waals surface area contributed by atoms with E-state index in [1.165, 1.54) is 5.56 Å². The second kappa shape index (κ2) is 5.63. The van der Waals surface area contributed by atoms with E-state index in [0.717, 1.165) is 23.6 Å². The molecule has 0 saturated carbocycles. The molecular formula is C15H18N2O. The van der Waals surface area contributed by atoms with Crippen LogP contribution in [0.1, 0.15) is 36.6 Å². The Morgan fingerprint density at radius 2 is 1.83 bits per heavy atom. The van der Waals surface area contributed by atoms with Gasteiger partial charge in [0.1, 0.15) is 0 Å². The summed E-state index contributed by atoms with van der Waals surface area (Å²) in [6, 6.07) is 8.18. The van der Waals surface area contributed by atoms with Crippen molar-refractivity contribution in [3.05, 3.63) is 53.5 Å². The first-order chi connectivity index (χ1) is 8.70. The van der Waals surface area contributed by atoms with Gasteiger partial charge in [0.15, 0.2) is 0 Å². The number of rotatable bonds is 4. The summed E-state index contributed by atoms with van der Waals surface area (Å²) in [6.07, 6.45) is 4.40. The molecule has 2 rings (SSSR count). The minimum absolute atomic E-state index is 0.419. The Balaban J connectivity index is 2.25. The van der Waals surface area contributed by atoms with Gasteiger partial charge in [0.25, 0.3) is 0 Å². The van der Waals surface area contributed by atoms with E-state index >= 15 is 0 Å². The number of aromatic nitrogens is 2. The van der Waals surface area contributed by atoms with E-state index in [-0.39, 0.29) is 0 Å². The van der Waals surface area contributed by atoms with Gasteiger partial charge in [-0.1, -0.05) is 19.9 Å². The first-order valence-electron chi connectivity index (χ1n) is 6.13. The first-order valence-corrected chi connectivity index (χ1v) is 6.13. The third-order valence-electron chi connectivity index (χ3n) is 2.90. The Kier molecular flexibility index (Phi) is 3.92. The molecule has 0 N–H and O–H groups in total. The van der Waals surface area contributed by atoms with Crippen LogP contribution in [-0.2, 0) is 6.42 Å². The van der Waals surface area contributed by atoms with Crippen molar-refractivity contribution < 1.29 is 4.74 Å². The molecule has 0 bridgehead atoms. The Hall–Kier alpha value is -1.90. The lowest BCUT2D eigenvalue weighted by Gasteiger charge is -2.12. The fraction of sp³-hybridized carbons (Fsp3) is 0.333. The lowest BCUT2D eigenvalue weighted by Crippen LogP contribution is -2.01. The van der Waals surface area contributed by atoms with Crippen LogP contribution in [0.2, 0.25) is 0 Å². The normalized spacial score (nSPS) is 10.7. The van der Waals surface area contributed by atoms with Crippen molar-refractivity contribution in [2.24, 2.45) is 0 Å².